The van der Waals surface area contributed by atoms with Crippen LogP contribution in [0.4, 0.5) is 5.69 Å². The van der Waals surface area contributed by atoms with Crippen LogP contribution in [-0.2, 0) is 9.59 Å². The summed E-state index contributed by atoms with van der Waals surface area (Å²) in [5.41, 5.74) is 3.89. The summed E-state index contributed by atoms with van der Waals surface area (Å²) < 4.78 is 0. The second-order valence-corrected chi connectivity index (χ2v) is 6.00. The third kappa shape index (κ3) is 5.92. The zero-order valence-corrected chi connectivity index (χ0v) is 14.9. The Morgan fingerprint density at radius 2 is 1.84 bits per heavy atom. The van der Waals surface area contributed by atoms with E-state index in [0.717, 1.165) is 22.4 Å². The number of amides is 2. The zero-order chi connectivity index (χ0) is 18.2. The molecule has 4 nitrogen and oxygen atoms in total. The fourth-order valence-corrected chi connectivity index (χ4v) is 2.40. The lowest BCUT2D eigenvalue weighted by molar-refractivity contribution is -0.117. The molecule has 0 fully saturated rings. The van der Waals surface area contributed by atoms with Crippen LogP contribution in [0.5, 0.6) is 0 Å². The summed E-state index contributed by atoms with van der Waals surface area (Å²) in [6.07, 6.45) is 3.79. The first-order valence-electron chi connectivity index (χ1n) is 8.43. The lowest BCUT2D eigenvalue weighted by atomic mass is 10.1. The molecule has 0 radical (unpaired) electrons. The molecule has 0 aliphatic heterocycles. The molecule has 0 saturated carbocycles. The Bertz CT molecular complexity index is 764. The Labute approximate surface area is 149 Å². The third-order valence-electron chi connectivity index (χ3n) is 3.84. The van der Waals surface area contributed by atoms with Gasteiger partial charge in [-0.2, -0.15) is 0 Å². The number of carbonyl (C=O) groups excluding carboxylic acids is 2. The van der Waals surface area contributed by atoms with E-state index in [1.54, 1.807) is 12.2 Å². The van der Waals surface area contributed by atoms with Crippen LogP contribution in [-0.4, -0.2) is 11.8 Å². The topological polar surface area (TPSA) is 58.2 Å². The minimum atomic E-state index is -0.141. The molecule has 2 aromatic carbocycles. The number of nitrogens with one attached hydrogen (secondary N) is 2. The molecule has 0 aromatic heterocycles. The zero-order valence-electron chi connectivity index (χ0n) is 14.9. The third-order valence-corrected chi connectivity index (χ3v) is 3.84. The van der Waals surface area contributed by atoms with Crippen molar-refractivity contribution in [2.24, 2.45) is 0 Å². The monoisotopic (exact) mass is 336 g/mol. The smallest absolute Gasteiger partial charge is 0.244 e. The van der Waals surface area contributed by atoms with Crippen LogP contribution in [0.1, 0.15) is 43.0 Å². The number of hydrogen-bond donors (Lipinski definition) is 2. The van der Waals surface area contributed by atoms with E-state index in [1.165, 1.54) is 0 Å². The lowest BCUT2D eigenvalue weighted by Crippen LogP contribution is -2.24. The highest BCUT2D eigenvalue weighted by atomic mass is 16.2. The van der Waals surface area contributed by atoms with Gasteiger partial charge in [-0.25, -0.2) is 0 Å². The van der Waals surface area contributed by atoms with Gasteiger partial charge in [-0.3, -0.25) is 9.59 Å². The highest BCUT2D eigenvalue weighted by molar-refractivity contribution is 5.92. The van der Waals surface area contributed by atoms with Gasteiger partial charge in [-0.05, 0) is 43.2 Å². The molecule has 0 aliphatic carbocycles. The number of rotatable bonds is 6. The van der Waals surface area contributed by atoms with Crippen molar-refractivity contribution >= 4 is 23.6 Å². The Morgan fingerprint density at radius 1 is 1.12 bits per heavy atom. The molecule has 0 aliphatic rings. The molecule has 25 heavy (non-hydrogen) atoms. The molecule has 0 saturated heterocycles. The van der Waals surface area contributed by atoms with E-state index in [2.05, 4.69) is 10.6 Å². The molecule has 130 valence electrons. The number of benzene rings is 2. The quantitative estimate of drug-likeness (QED) is 0.775. The van der Waals surface area contributed by atoms with E-state index >= 15 is 0 Å². The highest BCUT2D eigenvalue weighted by Gasteiger charge is 2.08. The molecular weight excluding hydrogens is 312 g/mol. The fraction of sp³-hybridized carbons (Fsp3) is 0.238. The van der Waals surface area contributed by atoms with Crippen molar-refractivity contribution in [3.63, 3.8) is 0 Å². The number of hydrogen-bond acceptors (Lipinski definition) is 2. The summed E-state index contributed by atoms with van der Waals surface area (Å²) in [6, 6.07) is 15.3. The molecule has 0 heterocycles. The van der Waals surface area contributed by atoms with Crippen LogP contribution in [0.25, 0.3) is 6.08 Å². The maximum Gasteiger partial charge on any atom is 0.244 e. The van der Waals surface area contributed by atoms with E-state index in [-0.39, 0.29) is 17.9 Å². The van der Waals surface area contributed by atoms with E-state index < -0.39 is 0 Å². The minimum absolute atomic E-state index is 0.0182. The van der Waals surface area contributed by atoms with Crippen molar-refractivity contribution in [1.82, 2.24) is 5.32 Å². The second kappa shape index (κ2) is 8.83. The standard InChI is InChI=1S/C21H24N2O2/c1-4-20(24)23-19-11-9-18(10-12-19)16(3)22-21(25)13-8-17-7-5-6-15(2)14-17/h5-14,16H,4H2,1-3H3,(H,22,25)(H,23,24)/b13-8+. The first kappa shape index (κ1) is 18.5. The Kier molecular flexibility index (Phi) is 6.52. The van der Waals surface area contributed by atoms with Crippen molar-refractivity contribution in [2.75, 3.05) is 5.32 Å². The molecular formula is C21H24N2O2. The summed E-state index contributed by atoms with van der Waals surface area (Å²) in [7, 11) is 0. The van der Waals surface area contributed by atoms with Gasteiger partial charge in [-0.15, -0.1) is 0 Å². The van der Waals surface area contributed by atoms with E-state index in [0.29, 0.717) is 6.42 Å². The van der Waals surface area contributed by atoms with Gasteiger partial charge in [-0.1, -0.05) is 48.9 Å². The molecule has 2 rings (SSSR count). The van der Waals surface area contributed by atoms with Gasteiger partial charge in [0.15, 0.2) is 0 Å². The van der Waals surface area contributed by atoms with Crippen LogP contribution in [0, 0.1) is 6.92 Å². The van der Waals surface area contributed by atoms with Crippen molar-refractivity contribution in [3.05, 3.63) is 71.3 Å². The van der Waals surface area contributed by atoms with Gasteiger partial charge >= 0.3 is 0 Å². The molecule has 2 amide bonds. The first-order chi connectivity index (χ1) is 12.0. The number of aryl methyl sites for hydroxylation is 1. The molecule has 2 aromatic rings. The summed E-state index contributed by atoms with van der Waals surface area (Å²) in [6.45, 7) is 5.76. The Morgan fingerprint density at radius 3 is 2.48 bits per heavy atom. The Balaban J connectivity index is 1.93. The van der Waals surface area contributed by atoms with E-state index in [4.69, 9.17) is 0 Å². The number of carbonyl (C=O) groups is 2. The maximum absolute atomic E-state index is 12.1. The predicted octanol–water partition coefficient (Wildman–Crippen LogP) is 4.23. The average Bonchev–Trinajstić information content (AvgIpc) is 2.60. The van der Waals surface area contributed by atoms with Gasteiger partial charge in [0.2, 0.25) is 11.8 Å². The predicted molar refractivity (Wildman–Crippen MR) is 102 cm³/mol. The fourth-order valence-electron chi connectivity index (χ4n) is 2.40. The highest BCUT2D eigenvalue weighted by Crippen LogP contribution is 2.16. The van der Waals surface area contributed by atoms with Crippen molar-refractivity contribution in [3.8, 4) is 0 Å². The van der Waals surface area contributed by atoms with Crippen molar-refractivity contribution in [1.29, 1.82) is 0 Å². The van der Waals surface area contributed by atoms with E-state index in [9.17, 15) is 9.59 Å². The second-order valence-electron chi connectivity index (χ2n) is 6.00. The van der Waals surface area contributed by atoms with Crippen molar-refractivity contribution < 1.29 is 9.59 Å². The molecule has 0 bridgehead atoms. The van der Waals surface area contributed by atoms with Gasteiger partial charge in [0.05, 0.1) is 6.04 Å². The summed E-state index contributed by atoms with van der Waals surface area (Å²) in [5.74, 6) is -0.159. The number of anilines is 1. The van der Waals surface area contributed by atoms with Crippen molar-refractivity contribution in [2.45, 2.75) is 33.2 Å². The minimum Gasteiger partial charge on any atom is -0.346 e. The van der Waals surface area contributed by atoms with E-state index in [1.807, 2.05) is 69.3 Å². The normalized spacial score (nSPS) is 12.0. The van der Waals surface area contributed by atoms with Crippen LogP contribution in [0.3, 0.4) is 0 Å². The molecule has 0 spiro atoms. The van der Waals surface area contributed by atoms with Gasteiger partial charge < -0.3 is 10.6 Å². The maximum atomic E-state index is 12.1. The van der Waals surface area contributed by atoms with Crippen LogP contribution < -0.4 is 10.6 Å². The molecule has 4 heteroatoms. The average molecular weight is 336 g/mol. The van der Waals surface area contributed by atoms with Crippen LogP contribution in [0.15, 0.2) is 54.6 Å². The van der Waals surface area contributed by atoms with Crippen LogP contribution in [0.2, 0.25) is 0 Å². The lowest BCUT2D eigenvalue weighted by Gasteiger charge is -2.14. The Hall–Kier alpha value is -2.88. The van der Waals surface area contributed by atoms with Crippen LogP contribution >= 0.6 is 0 Å². The SMILES string of the molecule is CCC(=O)Nc1ccc(C(C)NC(=O)/C=C/c2cccc(C)c2)cc1. The summed E-state index contributed by atoms with van der Waals surface area (Å²) >= 11 is 0. The molecule has 2 N–H and O–H groups in total. The largest absolute Gasteiger partial charge is 0.346 e. The summed E-state index contributed by atoms with van der Waals surface area (Å²) in [5, 5.41) is 5.74. The first-order valence-corrected chi connectivity index (χ1v) is 8.43. The van der Waals surface area contributed by atoms with Gasteiger partial charge in [0.25, 0.3) is 0 Å². The van der Waals surface area contributed by atoms with Gasteiger partial charge in [0.1, 0.15) is 0 Å². The van der Waals surface area contributed by atoms with Gasteiger partial charge in [0, 0.05) is 18.2 Å². The molecule has 1 unspecified atom stereocenters. The summed E-state index contributed by atoms with van der Waals surface area (Å²) in [4.78, 5) is 23.5. The molecule has 1 atom stereocenters.